The van der Waals surface area contributed by atoms with Crippen molar-refractivity contribution in [2.45, 2.75) is 11.4 Å². The van der Waals surface area contributed by atoms with Crippen molar-refractivity contribution >= 4 is 37.3 Å². The molecule has 1 aromatic heterocycles. The van der Waals surface area contributed by atoms with Crippen LogP contribution in [0.4, 0.5) is 8.78 Å². The Morgan fingerprint density at radius 3 is 2.60 bits per heavy atom. The van der Waals surface area contributed by atoms with Crippen molar-refractivity contribution < 1.29 is 17.2 Å². The van der Waals surface area contributed by atoms with Gasteiger partial charge in [0.15, 0.2) is 0 Å². The van der Waals surface area contributed by atoms with E-state index >= 15 is 0 Å². The van der Waals surface area contributed by atoms with Gasteiger partial charge in [-0.2, -0.15) is 15.6 Å². The molecule has 20 heavy (non-hydrogen) atoms. The highest BCUT2D eigenvalue weighted by atomic mass is 79.9. The Balaban J connectivity index is 2.40. The van der Waals surface area contributed by atoms with Gasteiger partial charge in [-0.05, 0) is 44.4 Å². The van der Waals surface area contributed by atoms with E-state index in [1.54, 1.807) is 6.07 Å². The van der Waals surface area contributed by atoms with E-state index in [0.29, 0.717) is 6.07 Å². The van der Waals surface area contributed by atoms with E-state index in [9.17, 15) is 17.2 Å². The first-order chi connectivity index (χ1) is 9.32. The smallest absolute Gasteiger partial charge is 0.207 e. The molecule has 108 valence electrons. The van der Waals surface area contributed by atoms with Gasteiger partial charge in [0.05, 0.1) is 0 Å². The Morgan fingerprint density at radius 2 is 2.05 bits per heavy atom. The number of nitrogens with zero attached hydrogens (tertiary/aromatic N) is 1. The lowest BCUT2D eigenvalue weighted by molar-refractivity contribution is 0.458. The van der Waals surface area contributed by atoms with Crippen molar-refractivity contribution in [2.24, 2.45) is 0 Å². The Hall–Kier alpha value is -0.830. The van der Waals surface area contributed by atoms with Crippen LogP contribution in [0.3, 0.4) is 0 Å². The van der Waals surface area contributed by atoms with Crippen LogP contribution in [0.1, 0.15) is 5.56 Å². The largest absolute Gasteiger partial charge is 0.247 e. The van der Waals surface area contributed by atoms with E-state index in [1.165, 1.54) is 18.4 Å². The van der Waals surface area contributed by atoms with E-state index in [0.717, 1.165) is 15.9 Å². The lowest BCUT2D eigenvalue weighted by Gasteiger charge is -2.18. The molecule has 0 N–H and O–H groups in total. The molecule has 0 saturated heterocycles. The van der Waals surface area contributed by atoms with Crippen molar-refractivity contribution in [3.63, 3.8) is 0 Å². The van der Waals surface area contributed by atoms with Gasteiger partial charge in [0, 0.05) is 24.1 Å². The summed E-state index contributed by atoms with van der Waals surface area (Å²) >= 11 is 4.34. The number of sulfonamides is 1. The first-order valence-corrected chi connectivity index (χ1v) is 8.62. The van der Waals surface area contributed by atoms with Crippen LogP contribution in [0, 0.1) is 11.6 Å². The molecule has 0 fully saturated rings. The van der Waals surface area contributed by atoms with E-state index < -0.39 is 26.6 Å². The van der Waals surface area contributed by atoms with E-state index in [4.69, 9.17) is 0 Å². The standard InChI is InChI=1S/C12H10BrF2NO2S2/c1-16(6-8-2-3-19-7-8)20(17,18)12-10(13)4-9(14)5-11(12)15/h2-5,7H,6H2,1H3. The van der Waals surface area contributed by atoms with Gasteiger partial charge >= 0.3 is 0 Å². The van der Waals surface area contributed by atoms with Gasteiger partial charge in [-0.3, -0.25) is 0 Å². The zero-order chi connectivity index (χ0) is 14.9. The van der Waals surface area contributed by atoms with Crippen molar-refractivity contribution in [3.8, 4) is 0 Å². The average Bonchev–Trinajstić information content (AvgIpc) is 2.79. The molecule has 0 atom stereocenters. The minimum atomic E-state index is -4.04. The highest BCUT2D eigenvalue weighted by molar-refractivity contribution is 9.10. The molecule has 8 heteroatoms. The van der Waals surface area contributed by atoms with Crippen LogP contribution in [0.25, 0.3) is 0 Å². The summed E-state index contributed by atoms with van der Waals surface area (Å²) in [5.74, 6) is -1.96. The molecule has 0 unspecified atom stereocenters. The number of benzene rings is 1. The Bertz CT molecular complexity index is 694. The first kappa shape index (κ1) is 15.6. The van der Waals surface area contributed by atoms with Gasteiger partial charge in [-0.1, -0.05) is 0 Å². The molecule has 0 radical (unpaired) electrons. The van der Waals surface area contributed by atoms with Gasteiger partial charge in [-0.25, -0.2) is 17.2 Å². The molecular formula is C12H10BrF2NO2S2. The predicted octanol–water partition coefficient (Wildman–Crippen LogP) is 3.61. The van der Waals surface area contributed by atoms with Gasteiger partial charge < -0.3 is 0 Å². The quantitative estimate of drug-likeness (QED) is 0.810. The summed E-state index contributed by atoms with van der Waals surface area (Å²) in [5.41, 5.74) is 0.805. The summed E-state index contributed by atoms with van der Waals surface area (Å²) in [6.07, 6.45) is 0. The van der Waals surface area contributed by atoms with Gasteiger partial charge in [-0.15, -0.1) is 0 Å². The summed E-state index contributed by atoms with van der Waals surface area (Å²) in [7, 11) is -2.69. The van der Waals surface area contributed by atoms with Crippen LogP contribution in [0.5, 0.6) is 0 Å². The van der Waals surface area contributed by atoms with Crippen molar-refractivity contribution in [1.82, 2.24) is 4.31 Å². The maximum Gasteiger partial charge on any atom is 0.247 e. The third-order valence-corrected chi connectivity index (χ3v) is 6.12. The lowest BCUT2D eigenvalue weighted by Crippen LogP contribution is -2.27. The number of hydrogen-bond donors (Lipinski definition) is 0. The van der Waals surface area contributed by atoms with Crippen molar-refractivity contribution in [1.29, 1.82) is 0 Å². The van der Waals surface area contributed by atoms with Crippen LogP contribution in [-0.2, 0) is 16.6 Å². The number of halogens is 3. The van der Waals surface area contributed by atoms with Crippen LogP contribution in [-0.4, -0.2) is 19.8 Å². The predicted molar refractivity (Wildman–Crippen MR) is 77.0 cm³/mol. The van der Waals surface area contributed by atoms with Gasteiger partial charge in [0.1, 0.15) is 16.5 Å². The fraction of sp³-hybridized carbons (Fsp3) is 0.167. The van der Waals surface area contributed by atoms with Crippen molar-refractivity contribution in [2.75, 3.05) is 7.05 Å². The zero-order valence-electron chi connectivity index (χ0n) is 10.3. The van der Waals surface area contributed by atoms with Crippen molar-refractivity contribution in [3.05, 3.63) is 50.6 Å². The Morgan fingerprint density at radius 1 is 1.35 bits per heavy atom. The minimum absolute atomic E-state index is 0.120. The highest BCUT2D eigenvalue weighted by Crippen LogP contribution is 2.29. The molecule has 1 aromatic carbocycles. The van der Waals surface area contributed by atoms with Gasteiger partial charge in [0.2, 0.25) is 10.0 Å². The second kappa shape index (κ2) is 5.88. The fourth-order valence-electron chi connectivity index (χ4n) is 1.66. The molecular weight excluding hydrogens is 372 g/mol. The molecule has 0 aliphatic carbocycles. The first-order valence-electron chi connectivity index (χ1n) is 5.44. The number of rotatable bonds is 4. The summed E-state index contributed by atoms with van der Waals surface area (Å²) in [5, 5.41) is 3.63. The molecule has 2 rings (SSSR count). The monoisotopic (exact) mass is 381 g/mol. The van der Waals surface area contributed by atoms with Crippen LogP contribution < -0.4 is 0 Å². The molecule has 0 aliphatic heterocycles. The summed E-state index contributed by atoms with van der Waals surface area (Å²) in [6.45, 7) is 0.120. The lowest BCUT2D eigenvalue weighted by atomic mass is 10.3. The molecule has 0 spiro atoms. The van der Waals surface area contributed by atoms with Crippen LogP contribution in [0.2, 0.25) is 0 Å². The maximum atomic E-state index is 13.8. The minimum Gasteiger partial charge on any atom is -0.207 e. The highest BCUT2D eigenvalue weighted by Gasteiger charge is 2.28. The molecule has 0 amide bonds. The van der Waals surface area contributed by atoms with E-state index in [1.807, 2.05) is 10.8 Å². The second-order valence-electron chi connectivity index (χ2n) is 4.09. The Kier molecular flexibility index (Phi) is 4.58. The third-order valence-electron chi connectivity index (χ3n) is 2.62. The second-order valence-corrected chi connectivity index (χ2v) is 7.71. The SMILES string of the molecule is CN(Cc1ccsc1)S(=O)(=O)c1c(F)cc(F)cc1Br. The summed E-state index contributed by atoms with van der Waals surface area (Å²) < 4.78 is 52.4. The molecule has 0 aliphatic rings. The van der Waals surface area contributed by atoms with E-state index in [-0.39, 0.29) is 11.0 Å². The number of hydrogen-bond acceptors (Lipinski definition) is 3. The molecule has 1 heterocycles. The zero-order valence-corrected chi connectivity index (χ0v) is 13.5. The maximum absolute atomic E-state index is 13.8. The number of thiophene rings is 1. The molecule has 3 nitrogen and oxygen atoms in total. The molecule has 0 saturated carbocycles. The normalized spacial score (nSPS) is 12.1. The Labute approximate surface area is 128 Å². The fourth-order valence-corrected chi connectivity index (χ4v) is 4.58. The molecule has 2 aromatic rings. The summed E-state index contributed by atoms with van der Waals surface area (Å²) in [4.78, 5) is -0.559. The average molecular weight is 382 g/mol. The third kappa shape index (κ3) is 3.08. The molecule has 0 bridgehead atoms. The van der Waals surface area contributed by atoms with Crippen LogP contribution in [0.15, 0.2) is 38.3 Å². The van der Waals surface area contributed by atoms with E-state index in [2.05, 4.69) is 15.9 Å². The topological polar surface area (TPSA) is 37.4 Å². The van der Waals surface area contributed by atoms with Gasteiger partial charge in [0.25, 0.3) is 0 Å². The van der Waals surface area contributed by atoms with Crippen LogP contribution >= 0.6 is 27.3 Å². The summed E-state index contributed by atoms with van der Waals surface area (Å²) in [6, 6.07) is 3.26.